The standard InChI is InChI=1S/C14H15F4NO4/c15-9-4-1-2-5-11(9)23-7-3-6-12(20)19-10(13(21)22)8-14(16,17)18/h1-2,4-5,10H,3,6-8H2,(H,19,20)(H,21,22). The summed E-state index contributed by atoms with van der Waals surface area (Å²) in [5, 5.41) is 10.5. The number of hydrogen-bond acceptors (Lipinski definition) is 3. The number of nitrogens with one attached hydrogen (secondary N) is 1. The minimum Gasteiger partial charge on any atom is -0.491 e. The summed E-state index contributed by atoms with van der Waals surface area (Å²) in [5.74, 6) is -3.20. The van der Waals surface area contributed by atoms with Crippen molar-refractivity contribution in [3.63, 3.8) is 0 Å². The van der Waals surface area contributed by atoms with Crippen molar-refractivity contribution in [1.29, 1.82) is 0 Å². The Labute approximate surface area is 129 Å². The molecule has 0 aromatic heterocycles. The van der Waals surface area contributed by atoms with Gasteiger partial charge in [-0.15, -0.1) is 0 Å². The van der Waals surface area contributed by atoms with E-state index >= 15 is 0 Å². The molecule has 23 heavy (non-hydrogen) atoms. The Balaban J connectivity index is 2.35. The Morgan fingerprint density at radius 1 is 1.26 bits per heavy atom. The second-order valence-electron chi connectivity index (χ2n) is 4.66. The summed E-state index contributed by atoms with van der Waals surface area (Å²) in [6.45, 7) is -0.0363. The first kappa shape index (κ1) is 18.7. The number of ether oxygens (including phenoxy) is 1. The highest BCUT2D eigenvalue weighted by molar-refractivity contribution is 5.83. The first-order valence-corrected chi connectivity index (χ1v) is 6.65. The number of carboxylic acids is 1. The molecular weight excluding hydrogens is 322 g/mol. The maximum atomic E-state index is 13.2. The Morgan fingerprint density at radius 3 is 2.48 bits per heavy atom. The van der Waals surface area contributed by atoms with Gasteiger partial charge in [0.15, 0.2) is 11.6 Å². The highest BCUT2D eigenvalue weighted by atomic mass is 19.4. The number of carbonyl (C=O) groups is 2. The first-order valence-electron chi connectivity index (χ1n) is 6.65. The van der Waals surface area contributed by atoms with Crippen LogP contribution in [0.15, 0.2) is 24.3 Å². The Bertz CT molecular complexity index is 548. The minimum atomic E-state index is -4.70. The Hall–Kier alpha value is -2.32. The summed E-state index contributed by atoms with van der Waals surface area (Å²) in [6.07, 6.45) is -6.50. The molecule has 2 N–H and O–H groups in total. The largest absolute Gasteiger partial charge is 0.491 e. The number of alkyl halides is 3. The average molecular weight is 337 g/mol. The lowest BCUT2D eigenvalue weighted by molar-refractivity contribution is -0.160. The van der Waals surface area contributed by atoms with Crippen molar-refractivity contribution in [3.8, 4) is 5.75 Å². The molecule has 0 spiro atoms. The molecule has 0 heterocycles. The van der Waals surface area contributed by atoms with Crippen LogP contribution in [0, 0.1) is 5.82 Å². The molecule has 1 atom stereocenters. The normalized spacial score (nSPS) is 12.5. The predicted molar refractivity (Wildman–Crippen MR) is 71.4 cm³/mol. The molecule has 0 aliphatic rings. The summed E-state index contributed by atoms with van der Waals surface area (Å²) in [4.78, 5) is 22.1. The number of amides is 1. The molecule has 0 saturated carbocycles. The fourth-order valence-corrected chi connectivity index (χ4v) is 1.67. The van der Waals surface area contributed by atoms with Gasteiger partial charge in [0.1, 0.15) is 6.04 Å². The Kier molecular flexibility index (Phi) is 6.80. The van der Waals surface area contributed by atoms with Gasteiger partial charge in [0.05, 0.1) is 13.0 Å². The second-order valence-corrected chi connectivity index (χ2v) is 4.66. The first-order chi connectivity index (χ1) is 10.7. The van der Waals surface area contributed by atoms with E-state index in [4.69, 9.17) is 9.84 Å². The van der Waals surface area contributed by atoms with E-state index in [0.717, 1.165) is 0 Å². The molecule has 0 aliphatic carbocycles. The van der Waals surface area contributed by atoms with Crippen LogP contribution < -0.4 is 10.1 Å². The lowest BCUT2D eigenvalue weighted by atomic mass is 10.2. The number of halogens is 4. The van der Waals surface area contributed by atoms with Crippen LogP contribution in [-0.4, -0.2) is 35.8 Å². The van der Waals surface area contributed by atoms with Gasteiger partial charge in [-0.3, -0.25) is 4.79 Å². The maximum absolute atomic E-state index is 13.2. The van der Waals surface area contributed by atoms with Crippen LogP contribution in [0.2, 0.25) is 0 Å². The van der Waals surface area contributed by atoms with Gasteiger partial charge in [-0.25, -0.2) is 9.18 Å². The molecule has 0 fully saturated rings. The summed E-state index contributed by atoms with van der Waals surface area (Å²) in [5.41, 5.74) is 0. The van der Waals surface area contributed by atoms with Gasteiger partial charge in [-0.1, -0.05) is 12.1 Å². The number of hydrogen-bond donors (Lipinski definition) is 2. The monoisotopic (exact) mass is 337 g/mol. The van der Waals surface area contributed by atoms with Crippen LogP contribution in [0.3, 0.4) is 0 Å². The third kappa shape index (κ3) is 7.48. The van der Waals surface area contributed by atoms with E-state index in [0.29, 0.717) is 0 Å². The van der Waals surface area contributed by atoms with Gasteiger partial charge in [-0.05, 0) is 18.6 Å². The molecule has 1 unspecified atom stereocenters. The molecule has 0 bridgehead atoms. The summed E-state index contributed by atoms with van der Waals surface area (Å²) in [7, 11) is 0. The fourth-order valence-electron chi connectivity index (χ4n) is 1.67. The average Bonchev–Trinajstić information content (AvgIpc) is 2.43. The quantitative estimate of drug-likeness (QED) is 0.565. The van der Waals surface area contributed by atoms with Gasteiger partial charge in [-0.2, -0.15) is 13.2 Å². The molecule has 0 radical (unpaired) electrons. The zero-order valence-electron chi connectivity index (χ0n) is 11.9. The maximum Gasteiger partial charge on any atom is 0.391 e. The smallest absolute Gasteiger partial charge is 0.391 e. The third-order valence-corrected chi connectivity index (χ3v) is 2.71. The van der Waals surface area contributed by atoms with E-state index in [1.807, 2.05) is 0 Å². The van der Waals surface area contributed by atoms with E-state index in [9.17, 15) is 27.2 Å². The molecule has 0 saturated heterocycles. The van der Waals surface area contributed by atoms with Crippen molar-refractivity contribution in [2.75, 3.05) is 6.61 Å². The zero-order valence-corrected chi connectivity index (χ0v) is 11.9. The Morgan fingerprint density at radius 2 is 1.91 bits per heavy atom. The van der Waals surface area contributed by atoms with E-state index in [-0.39, 0.29) is 25.2 Å². The number of aliphatic carboxylic acids is 1. The fraction of sp³-hybridized carbons (Fsp3) is 0.429. The molecule has 1 amide bonds. The molecule has 1 aromatic rings. The molecule has 9 heteroatoms. The van der Waals surface area contributed by atoms with Crippen LogP contribution in [0.4, 0.5) is 17.6 Å². The predicted octanol–water partition coefficient (Wildman–Crippen LogP) is 2.51. The SMILES string of the molecule is O=C(CCCOc1ccccc1F)NC(CC(F)(F)F)C(=O)O. The van der Waals surface area contributed by atoms with Gasteiger partial charge >= 0.3 is 12.1 Å². The highest BCUT2D eigenvalue weighted by Gasteiger charge is 2.36. The van der Waals surface area contributed by atoms with E-state index in [1.165, 1.54) is 18.2 Å². The lowest BCUT2D eigenvalue weighted by Crippen LogP contribution is -2.43. The van der Waals surface area contributed by atoms with E-state index in [2.05, 4.69) is 0 Å². The van der Waals surface area contributed by atoms with Gasteiger partial charge in [0.25, 0.3) is 0 Å². The van der Waals surface area contributed by atoms with E-state index < -0.39 is 36.3 Å². The summed E-state index contributed by atoms with van der Waals surface area (Å²) < 4.78 is 54.8. The lowest BCUT2D eigenvalue weighted by Gasteiger charge is -2.16. The number of para-hydroxylation sites is 1. The van der Waals surface area contributed by atoms with Crippen LogP contribution in [0.25, 0.3) is 0 Å². The minimum absolute atomic E-state index is 0.00612. The van der Waals surface area contributed by atoms with Crippen LogP contribution in [0.1, 0.15) is 19.3 Å². The summed E-state index contributed by atoms with van der Waals surface area (Å²) >= 11 is 0. The number of benzene rings is 1. The van der Waals surface area contributed by atoms with Crippen LogP contribution in [0.5, 0.6) is 5.75 Å². The molecule has 5 nitrogen and oxygen atoms in total. The zero-order chi connectivity index (χ0) is 17.5. The topological polar surface area (TPSA) is 75.6 Å². The van der Waals surface area contributed by atoms with Crippen molar-refractivity contribution in [2.45, 2.75) is 31.5 Å². The van der Waals surface area contributed by atoms with Crippen molar-refractivity contribution in [2.24, 2.45) is 0 Å². The van der Waals surface area contributed by atoms with E-state index in [1.54, 1.807) is 11.4 Å². The van der Waals surface area contributed by atoms with Crippen LogP contribution >= 0.6 is 0 Å². The second kappa shape index (κ2) is 8.35. The summed E-state index contributed by atoms with van der Waals surface area (Å²) in [6, 6.07) is 3.58. The number of carbonyl (C=O) groups excluding carboxylic acids is 1. The molecule has 128 valence electrons. The number of carboxylic acid groups (broad SMARTS) is 1. The van der Waals surface area contributed by atoms with Gasteiger partial charge in [0, 0.05) is 6.42 Å². The van der Waals surface area contributed by atoms with Crippen molar-refractivity contribution >= 4 is 11.9 Å². The molecule has 1 aromatic carbocycles. The van der Waals surface area contributed by atoms with Gasteiger partial charge in [0.2, 0.25) is 5.91 Å². The van der Waals surface area contributed by atoms with Crippen molar-refractivity contribution < 1.29 is 37.0 Å². The highest BCUT2D eigenvalue weighted by Crippen LogP contribution is 2.21. The van der Waals surface area contributed by atoms with Gasteiger partial charge < -0.3 is 15.2 Å². The van der Waals surface area contributed by atoms with Crippen molar-refractivity contribution in [1.82, 2.24) is 5.32 Å². The van der Waals surface area contributed by atoms with Crippen LogP contribution in [-0.2, 0) is 9.59 Å². The third-order valence-electron chi connectivity index (χ3n) is 2.71. The molecular formula is C14H15F4NO4. The molecule has 0 aliphatic heterocycles. The molecule has 1 rings (SSSR count). The van der Waals surface area contributed by atoms with Crippen molar-refractivity contribution in [3.05, 3.63) is 30.1 Å². The number of rotatable bonds is 8.